The van der Waals surface area contributed by atoms with E-state index in [2.05, 4.69) is 0 Å². The summed E-state index contributed by atoms with van der Waals surface area (Å²) in [6, 6.07) is 0. The van der Waals surface area contributed by atoms with E-state index < -0.39 is 0 Å². The van der Waals surface area contributed by atoms with Crippen LogP contribution in [0.5, 0.6) is 0 Å². The van der Waals surface area contributed by atoms with Gasteiger partial charge in [0.1, 0.15) is 5.78 Å². The number of ketones is 1. The van der Waals surface area contributed by atoms with Crippen LogP contribution >= 0.6 is 0 Å². The number of rotatable bonds is 3. The van der Waals surface area contributed by atoms with Gasteiger partial charge in [0.05, 0.1) is 0 Å². The van der Waals surface area contributed by atoms with Crippen molar-refractivity contribution in [3.8, 4) is 0 Å². The van der Waals surface area contributed by atoms with E-state index in [1.165, 1.54) is 32.1 Å². The molecule has 1 aliphatic carbocycles. The van der Waals surface area contributed by atoms with E-state index in [1.807, 2.05) is 4.90 Å². The van der Waals surface area contributed by atoms with Crippen LogP contribution in [0.25, 0.3) is 0 Å². The van der Waals surface area contributed by atoms with Crippen LogP contribution in [-0.2, 0) is 9.59 Å². The number of amides is 1. The predicted octanol–water partition coefficient (Wildman–Crippen LogP) is 2.54. The summed E-state index contributed by atoms with van der Waals surface area (Å²) in [5, 5.41) is 0. The third-order valence-electron chi connectivity index (χ3n) is 4.17. The fourth-order valence-corrected chi connectivity index (χ4v) is 2.97. The van der Waals surface area contributed by atoms with Gasteiger partial charge in [0.15, 0.2) is 0 Å². The van der Waals surface area contributed by atoms with Gasteiger partial charge in [-0.3, -0.25) is 9.59 Å². The topological polar surface area (TPSA) is 37.4 Å². The Kier molecular flexibility index (Phi) is 4.57. The van der Waals surface area contributed by atoms with Gasteiger partial charge in [0, 0.05) is 32.4 Å². The first-order chi connectivity index (χ1) is 8.25. The molecule has 1 aliphatic heterocycles. The zero-order valence-electron chi connectivity index (χ0n) is 10.6. The molecule has 1 amide bonds. The fourth-order valence-electron chi connectivity index (χ4n) is 2.97. The van der Waals surface area contributed by atoms with Crippen LogP contribution in [0.3, 0.4) is 0 Å². The second-order valence-corrected chi connectivity index (χ2v) is 5.46. The van der Waals surface area contributed by atoms with E-state index in [-0.39, 0.29) is 5.91 Å². The lowest BCUT2D eigenvalue weighted by Crippen LogP contribution is -2.38. The predicted molar refractivity (Wildman–Crippen MR) is 66.6 cm³/mol. The van der Waals surface area contributed by atoms with Crippen LogP contribution in [0.15, 0.2) is 0 Å². The van der Waals surface area contributed by atoms with Crippen molar-refractivity contribution in [1.29, 1.82) is 0 Å². The van der Waals surface area contributed by atoms with Gasteiger partial charge in [0.2, 0.25) is 5.91 Å². The first kappa shape index (κ1) is 12.6. The van der Waals surface area contributed by atoms with Gasteiger partial charge in [-0.15, -0.1) is 0 Å². The van der Waals surface area contributed by atoms with Gasteiger partial charge in [-0.1, -0.05) is 32.1 Å². The summed E-state index contributed by atoms with van der Waals surface area (Å²) in [5.41, 5.74) is 0. The molecule has 1 saturated heterocycles. The largest absolute Gasteiger partial charge is 0.342 e. The Balaban J connectivity index is 1.67. The molecule has 0 radical (unpaired) electrons. The van der Waals surface area contributed by atoms with E-state index in [0.29, 0.717) is 38.1 Å². The molecule has 1 saturated carbocycles. The zero-order valence-corrected chi connectivity index (χ0v) is 10.6. The van der Waals surface area contributed by atoms with Crippen molar-refractivity contribution < 1.29 is 9.59 Å². The molecule has 0 aromatic carbocycles. The summed E-state index contributed by atoms with van der Waals surface area (Å²) in [6.45, 7) is 1.31. The molecule has 2 fully saturated rings. The summed E-state index contributed by atoms with van der Waals surface area (Å²) in [7, 11) is 0. The molecule has 0 spiro atoms. The molecule has 0 aromatic rings. The van der Waals surface area contributed by atoms with Crippen molar-refractivity contribution in [1.82, 2.24) is 4.90 Å². The lowest BCUT2D eigenvalue weighted by atomic mass is 9.86. The van der Waals surface area contributed by atoms with Crippen molar-refractivity contribution >= 4 is 11.7 Å². The molecule has 0 aromatic heterocycles. The maximum absolute atomic E-state index is 12.0. The Hall–Kier alpha value is -0.860. The average Bonchev–Trinajstić information content (AvgIpc) is 2.38. The molecule has 0 N–H and O–H groups in total. The van der Waals surface area contributed by atoms with Gasteiger partial charge < -0.3 is 4.90 Å². The number of likely N-dealkylation sites (tertiary alicyclic amines) is 1. The first-order valence-corrected chi connectivity index (χ1v) is 7.05. The molecule has 0 unspecified atom stereocenters. The minimum Gasteiger partial charge on any atom is -0.342 e. The summed E-state index contributed by atoms with van der Waals surface area (Å²) in [5.74, 6) is 1.35. The van der Waals surface area contributed by atoms with Crippen LogP contribution < -0.4 is 0 Å². The van der Waals surface area contributed by atoms with Crippen LogP contribution in [0.1, 0.15) is 57.8 Å². The maximum atomic E-state index is 12.0. The Morgan fingerprint density at radius 1 is 1.12 bits per heavy atom. The molecule has 2 rings (SSSR count). The van der Waals surface area contributed by atoms with Crippen molar-refractivity contribution in [2.45, 2.75) is 57.8 Å². The number of hydrogen-bond donors (Lipinski definition) is 0. The molecular formula is C14H23NO2. The second-order valence-electron chi connectivity index (χ2n) is 5.46. The molecule has 96 valence electrons. The highest BCUT2D eigenvalue weighted by molar-refractivity contribution is 5.83. The quantitative estimate of drug-likeness (QED) is 0.756. The molecule has 3 nitrogen and oxygen atoms in total. The molecule has 1 heterocycles. The summed E-state index contributed by atoms with van der Waals surface area (Å²) in [6.07, 6.45) is 9.57. The van der Waals surface area contributed by atoms with Gasteiger partial charge >= 0.3 is 0 Å². The van der Waals surface area contributed by atoms with Crippen LogP contribution in [0.4, 0.5) is 0 Å². The molecule has 0 bridgehead atoms. The summed E-state index contributed by atoms with van der Waals surface area (Å²) in [4.78, 5) is 24.9. The molecule has 17 heavy (non-hydrogen) atoms. The number of Topliss-reactive ketones (excluding diaryl/α,β-unsaturated/α-hetero) is 1. The third-order valence-corrected chi connectivity index (χ3v) is 4.17. The number of carbonyl (C=O) groups is 2. The zero-order chi connectivity index (χ0) is 12.1. The maximum Gasteiger partial charge on any atom is 0.222 e. The van der Waals surface area contributed by atoms with E-state index in [0.717, 1.165) is 12.3 Å². The lowest BCUT2D eigenvalue weighted by molar-refractivity contribution is -0.134. The van der Waals surface area contributed by atoms with Crippen LogP contribution in [0, 0.1) is 5.92 Å². The summed E-state index contributed by atoms with van der Waals surface area (Å²) < 4.78 is 0. The smallest absolute Gasteiger partial charge is 0.222 e. The number of hydrogen-bond acceptors (Lipinski definition) is 2. The second kappa shape index (κ2) is 6.18. The van der Waals surface area contributed by atoms with Crippen molar-refractivity contribution in [2.24, 2.45) is 5.92 Å². The molecule has 0 atom stereocenters. The van der Waals surface area contributed by atoms with Gasteiger partial charge in [-0.05, 0) is 12.3 Å². The molecule has 2 aliphatic rings. The molecular weight excluding hydrogens is 214 g/mol. The summed E-state index contributed by atoms with van der Waals surface area (Å²) >= 11 is 0. The Labute approximate surface area is 104 Å². The third kappa shape index (κ3) is 3.83. The Morgan fingerprint density at radius 2 is 1.76 bits per heavy atom. The van der Waals surface area contributed by atoms with Crippen molar-refractivity contribution in [3.05, 3.63) is 0 Å². The van der Waals surface area contributed by atoms with Crippen molar-refractivity contribution in [3.63, 3.8) is 0 Å². The standard InChI is InChI=1S/C14H23NO2/c16-13-8-10-15(11-9-13)14(17)7-6-12-4-2-1-3-5-12/h12H,1-11H2. The van der Waals surface area contributed by atoms with E-state index in [4.69, 9.17) is 0 Å². The first-order valence-electron chi connectivity index (χ1n) is 7.05. The fraction of sp³-hybridized carbons (Fsp3) is 0.857. The van der Waals surface area contributed by atoms with Gasteiger partial charge in [-0.2, -0.15) is 0 Å². The SMILES string of the molecule is O=C1CCN(C(=O)CCC2CCCCC2)CC1. The van der Waals surface area contributed by atoms with E-state index >= 15 is 0 Å². The lowest BCUT2D eigenvalue weighted by Gasteiger charge is -2.27. The minimum absolute atomic E-state index is 0.267. The van der Waals surface area contributed by atoms with Gasteiger partial charge in [0.25, 0.3) is 0 Å². The highest BCUT2D eigenvalue weighted by Gasteiger charge is 2.21. The highest BCUT2D eigenvalue weighted by Crippen LogP contribution is 2.27. The average molecular weight is 237 g/mol. The number of carbonyl (C=O) groups excluding carboxylic acids is 2. The van der Waals surface area contributed by atoms with Crippen molar-refractivity contribution in [2.75, 3.05) is 13.1 Å². The Morgan fingerprint density at radius 3 is 2.41 bits per heavy atom. The van der Waals surface area contributed by atoms with E-state index in [9.17, 15) is 9.59 Å². The minimum atomic E-state index is 0.267. The Bertz CT molecular complexity index is 272. The van der Waals surface area contributed by atoms with E-state index in [1.54, 1.807) is 0 Å². The van der Waals surface area contributed by atoms with Crippen LogP contribution in [0.2, 0.25) is 0 Å². The number of nitrogens with zero attached hydrogens (tertiary/aromatic N) is 1. The monoisotopic (exact) mass is 237 g/mol. The van der Waals surface area contributed by atoms with Gasteiger partial charge in [-0.25, -0.2) is 0 Å². The number of piperidine rings is 1. The normalized spacial score (nSPS) is 22.8. The highest BCUT2D eigenvalue weighted by atomic mass is 16.2. The van der Waals surface area contributed by atoms with Crippen LogP contribution in [-0.4, -0.2) is 29.7 Å². The molecule has 3 heteroatoms.